The molecule has 0 amide bonds. The number of nitrogens with one attached hydrogen (secondary N) is 1. The van der Waals surface area contributed by atoms with E-state index in [2.05, 4.69) is 15.3 Å². The van der Waals surface area contributed by atoms with Crippen molar-refractivity contribution >= 4 is 45.9 Å². The summed E-state index contributed by atoms with van der Waals surface area (Å²) in [4.78, 5) is 34.1. The molecule has 0 aliphatic heterocycles. The largest absolute Gasteiger partial charge is 0.419 e. The van der Waals surface area contributed by atoms with E-state index in [-0.39, 0.29) is 28.0 Å². The predicted octanol–water partition coefficient (Wildman–Crippen LogP) is 6.60. The van der Waals surface area contributed by atoms with Gasteiger partial charge >= 0.3 is 11.9 Å². The summed E-state index contributed by atoms with van der Waals surface area (Å²) in [7, 11) is 0. The van der Waals surface area contributed by atoms with E-state index < -0.39 is 17.8 Å². The van der Waals surface area contributed by atoms with Gasteiger partial charge in [-0.2, -0.15) is 0 Å². The Kier molecular flexibility index (Phi) is 6.74. The molecule has 37 heavy (non-hydrogen) atoms. The minimum absolute atomic E-state index is 0.0239. The van der Waals surface area contributed by atoms with Gasteiger partial charge in [-0.25, -0.2) is 23.9 Å². The van der Waals surface area contributed by atoms with Crippen LogP contribution >= 0.6 is 11.6 Å². The fourth-order valence-corrected chi connectivity index (χ4v) is 3.69. The molecule has 0 unspecified atom stereocenters. The minimum atomic E-state index is -0.663. The average molecular weight is 514 g/mol. The average Bonchev–Trinajstić information content (AvgIpc) is 2.93. The van der Waals surface area contributed by atoms with Gasteiger partial charge in [0, 0.05) is 11.5 Å². The smallest absolute Gasteiger partial charge is 0.343 e. The highest BCUT2D eigenvalue weighted by molar-refractivity contribution is 6.31. The van der Waals surface area contributed by atoms with Gasteiger partial charge in [-0.3, -0.25) is 0 Å². The van der Waals surface area contributed by atoms with Crippen LogP contribution in [0.2, 0.25) is 5.02 Å². The molecular weight excluding hydrogens is 497 g/mol. The first-order chi connectivity index (χ1) is 18.0. The number of ether oxygens (including phenoxy) is 2. The summed E-state index contributed by atoms with van der Waals surface area (Å²) in [5.74, 6) is -1.81. The number of esters is 2. The normalized spacial score (nSPS) is 10.6. The molecule has 5 aromatic rings. The van der Waals surface area contributed by atoms with E-state index in [9.17, 15) is 14.0 Å². The number of fused-ring (bicyclic) bond motifs is 1. The Labute approximate surface area is 215 Å². The first-order valence-electron chi connectivity index (χ1n) is 11.0. The molecule has 0 radical (unpaired) electrons. The monoisotopic (exact) mass is 513 g/mol. The van der Waals surface area contributed by atoms with Crippen LogP contribution in [0.3, 0.4) is 0 Å². The Hall–Kier alpha value is -4.82. The molecule has 0 fully saturated rings. The van der Waals surface area contributed by atoms with Crippen LogP contribution < -0.4 is 14.8 Å². The zero-order valence-corrected chi connectivity index (χ0v) is 19.8. The van der Waals surface area contributed by atoms with Crippen LogP contribution in [0.4, 0.5) is 15.9 Å². The van der Waals surface area contributed by atoms with Crippen molar-refractivity contribution in [1.82, 2.24) is 9.97 Å². The molecule has 182 valence electrons. The number of rotatable bonds is 6. The highest BCUT2D eigenvalue weighted by atomic mass is 35.5. The number of hydrogen-bond acceptors (Lipinski definition) is 7. The van der Waals surface area contributed by atoms with Gasteiger partial charge in [0.2, 0.25) is 0 Å². The number of anilines is 2. The van der Waals surface area contributed by atoms with Crippen LogP contribution in [0, 0.1) is 5.82 Å². The van der Waals surface area contributed by atoms with E-state index in [0.717, 1.165) is 0 Å². The predicted molar refractivity (Wildman–Crippen MR) is 137 cm³/mol. The maximum absolute atomic E-state index is 14.5. The number of nitrogens with zero attached hydrogens (tertiary/aromatic N) is 2. The molecule has 0 saturated carbocycles. The Morgan fingerprint density at radius 2 is 1.35 bits per heavy atom. The van der Waals surface area contributed by atoms with Crippen molar-refractivity contribution in [3.05, 3.63) is 119 Å². The first-order valence-corrected chi connectivity index (χ1v) is 11.4. The minimum Gasteiger partial charge on any atom is -0.419 e. The van der Waals surface area contributed by atoms with Crippen molar-refractivity contribution in [1.29, 1.82) is 0 Å². The quantitative estimate of drug-likeness (QED) is 0.202. The third-order valence-corrected chi connectivity index (χ3v) is 5.62. The van der Waals surface area contributed by atoms with Gasteiger partial charge in [0.1, 0.15) is 12.1 Å². The van der Waals surface area contributed by atoms with E-state index in [1.54, 1.807) is 66.7 Å². The second-order valence-corrected chi connectivity index (χ2v) is 8.18. The molecule has 0 saturated heterocycles. The molecule has 0 bridgehead atoms. The van der Waals surface area contributed by atoms with Crippen molar-refractivity contribution in [3.8, 4) is 11.5 Å². The molecule has 5 rings (SSSR count). The Balaban J connectivity index is 1.58. The van der Waals surface area contributed by atoms with Gasteiger partial charge in [-0.05, 0) is 42.5 Å². The first kappa shape index (κ1) is 23.9. The van der Waals surface area contributed by atoms with Crippen LogP contribution in [0.1, 0.15) is 20.7 Å². The van der Waals surface area contributed by atoms with Gasteiger partial charge in [-0.1, -0.05) is 54.1 Å². The van der Waals surface area contributed by atoms with Crippen LogP contribution in [0.25, 0.3) is 10.9 Å². The second kappa shape index (κ2) is 10.4. The number of hydrogen-bond donors (Lipinski definition) is 1. The standard InChI is InChI=1S/C28H17ClFN3O4/c29-20-12-7-13-21(25(20)30)33-26-19-14-23(36-27(34)17-8-3-1-4-9-17)24(15-22(19)31-16-32-26)37-28(35)18-10-5-2-6-11-18/h1-16H,(H,31,32,33). The molecule has 0 aliphatic carbocycles. The molecule has 1 aromatic heterocycles. The molecule has 1 N–H and O–H groups in total. The summed E-state index contributed by atoms with van der Waals surface area (Å²) in [6.45, 7) is 0. The maximum Gasteiger partial charge on any atom is 0.343 e. The van der Waals surface area contributed by atoms with E-state index in [0.29, 0.717) is 22.0 Å². The lowest BCUT2D eigenvalue weighted by Gasteiger charge is -2.14. The molecule has 7 nitrogen and oxygen atoms in total. The highest BCUT2D eigenvalue weighted by Gasteiger charge is 2.20. The van der Waals surface area contributed by atoms with Gasteiger partial charge in [0.05, 0.1) is 27.4 Å². The highest BCUT2D eigenvalue weighted by Crippen LogP contribution is 2.36. The summed E-state index contributed by atoms with van der Waals surface area (Å²) < 4.78 is 25.8. The third kappa shape index (κ3) is 5.24. The van der Waals surface area contributed by atoms with Crippen LogP contribution in [-0.4, -0.2) is 21.9 Å². The van der Waals surface area contributed by atoms with Crippen molar-refractivity contribution in [2.24, 2.45) is 0 Å². The summed E-state index contributed by atoms with van der Waals surface area (Å²) >= 11 is 5.91. The summed E-state index contributed by atoms with van der Waals surface area (Å²) in [6, 6.07) is 24.1. The number of carbonyl (C=O) groups excluding carboxylic acids is 2. The molecule has 0 spiro atoms. The van der Waals surface area contributed by atoms with Crippen molar-refractivity contribution in [2.45, 2.75) is 0 Å². The van der Waals surface area contributed by atoms with Gasteiger partial charge in [0.25, 0.3) is 0 Å². The molecule has 1 heterocycles. The van der Waals surface area contributed by atoms with E-state index >= 15 is 0 Å². The SMILES string of the molecule is O=C(Oc1cc2ncnc(Nc3cccc(Cl)c3F)c2cc1OC(=O)c1ccccc1)c1ccccc1. The van der Waals surface area contributed by atoms with Crippen molar-refractivity contribution in [2.75, 3.05) is 5.32 Å². The van der Waals surface area contributed by atoms with E-state index in [1.165, 1.54) is 30.6 Å². The topological polar surface area (TPSA) is 90.4 Å². The molecule has 0 aliphatic rings. The summed E-state index contributed by atoms with van der Waals surface area (Å²) in [5.41, 5.74) is 1.06. The fourth-order valence-electron chi connectivity index (χ4n) is 3.52. The number of benzene rings is 4. The number of carbonyl (C=O) groups is 2. The fraction of sp³-hybridized carbons (Fsp3) is 0. The Bertz CT molecular complexity index is 1620. The number of halogens is 2. The summed E-state index contributed by atoms with van der Waals surface area (Å²) in [6.07, 6.45) is 1.27. The summed E-state index contributed by atoms with van der Waals surface area (Å²) in [5, 5.41) is 3.22. The van der Waals surface area contributed by atoms with Crippen LogP contribution in [-0.2, 0) is 0 Å². The number of aromatic nitrogens is 2. The lowest BCUT2D eigenvalue weighted by Crippen LogP contribution is -2.13. The van der Waals surface area contributed by atoms with Gasteiger partial charge < -0.3 is 14.8 Å². The van der Waals surface area contributed by atoms with E-state index in [1.807, 2.05) is 0 Å². The lowest BCUT2D eigenvalue weighted by atomic mass is 10.2. The maximum atomic E-state index is 14.5. The Morgan fingerprint density at radius 1 is 0.757 bits per heavy atom. The zero-order valence-electron chi connectivity index (χ0n) is 19.0. The van der Waals surface area contributed by atoms with Crippen LogP contribution in [0.5, 0.6) is 11.5 Å². The van der Waals surface area contributed by atoms with Gasteiger partial charge in [0.15, 0.2) is 17.3 Å². The van der Waals surface area contributed by atoms with Crippen molar-refractivity contribution in [3.63, 3.8) is 0 Å². The molecular formula is C28H17ClFN3O4. The molecule has 0 atom stereocenters. The van der Waals surface area contributed by atoms with Crippen LogP contribution in [0.15, 0.2) is 97.3 Å². The molecule has 9 heteroatoms. The van der Waals surface area contributed by atoms with Crippen molar-refractivity contribution < 1.29 is 23.5 Å². The molecule has 4 aromatic carbocycles. The van der Waals surface area contributed by atoms with Gasteiger partial charge in [-0.15, -0.1) is 0 Å². The van der Waals surface area contributed by atoms with E-state index in [4.69, 9.17) is 21.1 Å². The Morgan fingerprint density at radius 3 is 1.97 bits per heavy atom. The third-order valence-electron chi connectivity index (χ3n) is 5.33. The lowest BCUT2D eigenvalue weighted by molar-refractivity contribution is 0.0683. The second-order valence-electron chi connectivity index (χ2n) is 7.78. The zero-order chi connectivity index (χ0) is 25.8.